The summed E-state index contributed by atoms with van der Waals surface area (Å²) in [6, 6.07) is 1.63. The summed E-state index contributed by atoms with van der Waals surface area (Å²) >= 11 is 5.89. The Morgan fingerprint density at radius 1 is 1.38 bits per heavy atom. The summed E-state index contributed by atoms with van der Waals surface area (Å²) in [5, 5.41) is 3.23. The first-order valence-electron chi connectivity index (χ1n) is 7.73. The molecular weight excluding hydrogens is 328 g/mol. The molecule has 3 N–H and O–H groups in total. The van der Waals surface area contributed by atoms with Gasteiger partial charge in [0.05, 0.1) is 27.6 Å². The highest BCUT2D eigenvalue weighted by molar-refractivity contribution is 6.56. The number of nitrogens with zero attached hydrogens (tertiary/aromatic N) is 1. The van der Waals surface area contributed by atoms with Crippen molar-refractivity contribution in [2.75, 3.05) is 12.3 Å². The van der Waals surface area contributed by atoms with Gasteiger partial charge in [0.15, 0.2) is 0 Å². The molecule has 1 saturated heterocycles. The van der Waals surface area contributed by atoms with Crippen molar-refractivity contribution in [1.82, 2.24) is 10.3 Å². The molecule has 1 aromatic rings. The van der Waals surface area contributed by atoms with Gasteiger partial charge in [0, 0.05) is 19.7 Å². The number of amides is 1. The van der Waals surface area contributed by atoms with Crippen LogP contribution in [0.15, 0.2) is 17.7 Å². The van der Waals surface area contributed by atoms with E-state index in [2.05, 4.69) is 10.3 Å². The number of nitrogen functional groups attached to an aromatic ring is 1. The largest absolute Gasteiger partial charge is 0.492 e. The van der Waals surface area contributed by atoms with Gasteiger partial charge in [-0.25, -0.2) is 0 Å². The molecular formula is C16H23BClN3O3. The first-order valence-corrected chi connectivity index (χ1v) is 8.11. The van der Waals surface area contributed by atoms with E-state index in [1.165, 1.54) is 13.1 Å². The van der Waals surface area contributed by atoms with Crippen LogP contribution >= 0.6 is 11.6 Å². The molecule has 6 nitrogen and oxygen atoms in total. The number of pyridine rings is 1. The van der Waals surface area contributed by atoms with Crippen LogP contribution in [-0.2, 0) is 14.1 Å². The molecule has 8 heteroatoms. The molecule has 0 radical (unpaired) electrons. The van der Waals surface area contributed by atoms with E-state index >= 15 is 0 Å². The predicted octanol–water partition coefficient (Wildman–Crippen LogP) is 2.47. The quantitative estimate of drug-likeness (QED) is 0.814. The lowest BCUT2D eigenvalue weighted by Gasteiger charge is -2.32. The summed E-state index contributed by atoms with van der Waals surface area (Å²) in [6.07, 6.45) is 3.29. The molecule has 0 aliphatic carbocycles. The Kier molecular flexibility index (Phi) is 5.27. The molecule has 0 saturated carbocycles. The minimum atomic E-state index is -0.598. The second-order valence-corrected chi connectivity index (χ2v) is 7.28. The Hall–Kier alpha value is -1.57. The topological polar surface area (TPSA) is 86.5 Å². The molecule has 1 aromatic heterocycles. The zero-order valence-corrected chi connectivity index (χ0v) is 15.4. The van der Waals surface area contributed by atoms with Gasteiger partial charge in [0.25, 0.3) is 0 Å². The minimum Gasteiger partial charge on any atom is -0.400 e. The smallest absolute Gasteiger partial charge is 0.400 e. The van der Waals surface area contributed by atoms with Crippen molar-refractivity contribution in [2.45, 2.75) is 45.8 Å². The van der Waals surface area contributed by atoms with Gasteiger partial charge < -0.3 is 20.4 Å². The number of carbonyl (C=O) groups excluding carboxylic acids is 1. The van der Waals surface area contributed by atoms with E-state index in [0.29, 0.717) is 16.4 Å². The van der Waals surface area contributed by atoms with Gasteiger partial charge in [-0.05, 0) is 45.3 Å². The lowest BCUT2D eigenvalue weighted by molar-refractivity contribution is -0.118. The van der Waals surface area contributed by atoms with E-state index in [-0.39, 0.29) is 12.5 Å². The zero-order valence-electron chi connectivity index (χ0n) is 14.6. The van der Waals surface area contributed by atoms with Gasteiger partial charge in [-0.1, -0.05) is 11.6 Å². The average Bonchev–Trinajstić information content (AvgIpc) is 2.65. The second kappa shape index (κ2) is 6.74. The standard InChI is InChI=1S/C16H23BClN3O3/c1-10(22)20-8-11(6-14-13(19)7-12(18)9-21-14)17-23-15(2,3)16(4,5)24-17/h6-7,9H,8,19H2,1-5H3,(H,20,22). The highest BCUT2D eigenvalue weighted by Gasteiger charge is 2.52. The molecule has 1 amide bonds. The maximum absolute atomic E-state index is 11.3. The van der Waals surface area contributed by atoms with E-state index in [1.54, 1.807) is 12.1 Å². The summed E-state index contributed by atoms with van der Waals surface area (Å²) in [5.41, 5.74) is 6.73. The van der Waals surface area contributed by atoms with Gasteiger partial charge in [0.2, 0.25) is 5.91 Å². The summed E-state index contributed by atoms with van der Waals surface area (Å²) < 4.78 is 12.1. The van der Waals surface area contributed by atoms with Crippen LogP contribution < -0.4 is 11.1 Å². The first kappa shape index (κ1) is 18.8. The number of hydrogen-bond donors (Lipinski definition) is 2. The number of halogens is 1. The molecule has 130 valence electrons. The molecule has 0 unspecified atom stereocenters. The van der Waals surface area contributed by atoms with Gasteiger partial charge >= 0.3 is 7.12 Å². The Labute approximate surface area is 147 Å². The number of anilines is 1. The summed E-state index contributed by atoms with van der Waals surface area (Å²) in [5.74, 6) is -0.144. The lowest BCUT2D eigenvalue weighted by atomic mass is 9.77. The number of hydrogen-bond acceptors (Lipinski definition) is 5. The highest BCUT2D eigenvalue weighted by atomic mass is 35.5. The summed E-state index contributed by atoms with van der Waals surface area (Å²) in [7, 11) is -0.598. The van der Waals surface area contributed by atoms with Crippen LogP contribution in [-0.4, -0.2) is 35.8 Å². The van der Waals surface area contributed by atoms with Crippen LogP contribution in [0.25, 0.3) is 6.08 Å². The minimum absolute atomic E-state index is 0.144. The lowest BCUT2D eigenvalue weighted by Crippen LogP contribution is -2.41. The van der Waals surface area contributed by atoms with Crippen LogP contribution in [0.5, 0.6) is 0 Å². The maximum atomic E-state index is 11.3. The van der Waals surface area contributed by atoms with Crippen LogP contribution in [0, 0.1) is 0 Å². The second-order valence-electron chi connectivity index (χ2n) is 6.85. The van der Waals surface area contributed by atoms with Crippen molar-refractivity contribution < 1.29 is 14.1 Å². The van der Waals surface area contributed by atoms with Crippen LogP contribution in [0.2, 0.25) is 5.02 Å². The van der Waals surface area contributed by atoms with Crippen molar-refractivity contribution in [3.63, 3.8) is 0 Å². The summed E-state index contributed by atoms with van der Waals surface area (Å²) in [6.45, 7) is 9.61. The fourth-order valence-electron chi connectivity index (χ4n) is 2.19. The molecule has 24 heavy (non-hydrogen) atoms. The van der Waals surface area contributed by atoms with E-state index in [1.807, 2.05) is 27.7 Å². The van der Waals surface area contributed by atoms with Crippen molar-refractivity contribution in [3.8, 4) is 0 Å². The number of rotatable bonds is 4. The van der Waals surface area contributed by atoms with Gasteiger partial charge in [-0.2, -0.15) is 0 Å². The van der Waals surface area contributed by atoms with E-state index in [4.69, 9.17) is 26.6 Å². The molecule has 0 aromatic carbocycles. The zero-order chi connectivity index (χ0) is 18.1. The number of nitrogens with two attached hydrogens (primary N) is 1. The molecule has 1 aliphatic heterocycles. The molecule has 0 spiro atoms. The molecule has 2 rings (SSSR count). The molecule has 1 aliphatic rings. The maximum Gasteiger partial charge on any atom is 0.492 e. The number of carbonyl (C=O) groups is 1. The Bertz CT molecular complexity index is 661. The monoisotopic (exact) mass is 351 g/mol. The fourth-order valence-corrected chi connectivity index (χ4v) is 2.35. The van der Waals surface area contributed by atoms with Crippen molar-refractivity contribution in [1.29, 1.82) is 0 Å². The number of nitrogens with one attached hydrogen (secondary N) is 1. The summed E-state index contributed by atoms with van der Waals surface area (Å²) in [4.78, 5) is 15.5. The third kappa shape index (κ3) is 4.09. The molecule has 0 bridgehead atoms. The highest BCUT2D eigenvalue weighted by Crippen LogP contribution is 2.38. The SMILES string of the molecule is CC(=O)NCC(=Cc1ncc(Cl)cc1N)B1OC(C)(C)C(C)(C)O1. The Balaban J connectivity index is 2.35. The van der Waals surface area contributed by atoms with Crippen molar-refractivity contribution in [2.24, 2.45) is 0 Å². The normalized spacial score (nSPS) is 19.4. The number of aromatic nitrogens is 1. The Morgan fingerprint density at radius 2 is 1.96 bits per heavy atom. The van der Waals surface area contributed by atoms with Crippen molar-refractivity contribution >= 4 is 36.4 Å². The van der Waals surface area contributed by atoms with Crippen LogP contribution in [0.3, 0.4) is 0 Å². The predicted molar refractivity (Wildman–Crippen MR) is 96.4 cm³/mol. The van der Waals surface area contributed by atoms with E-state index < -0.39 is 18.3 Å². The third-order valence-electron chi connectivity index (χ3n) is 4.34. The molecule has 1 fully saturated rings. The Morgan fingerprint density at radius 3 is 2.46 bits per heavy atom. The average molecular weight is 352 g/mol. The van der Waals surface area contributed by atoms with Crippen LogP contribution in [0.4, 0.5) is 5.69 Å². The van der Waals surface area contributed by atoms with Crippen LogP contribution in [0.1, 0.15) is 40.3 Å². The molecule has 0 atom stereocenters. The van der Waals surface area contributed by atoms with E-state index in [9.17, 15) is 4.79 Å². The van der Waals surface area contributed by atoms with Crippen molar-refractivity contribution in [3.05, 3.63) is 28.5 Å². The van der Waals surface area contributed by atoms with Gasteiger partial charge in [-0.15, -0.1) is 0 Å². The van der Waals surface area contributed by atoms with Gasteiger partial charge in [-0.3, -0.25) is 9.78 Å². The fraction of sp³-hybridized carbons (Fsp3) is 0.500. The first-order chi connectivity index (χ1) is 11.0. The van der Waals surface area contributed by atoms with E-state index in [0.717, 1.165) is 5.47 Å². The van der Waals surface area contributed by atoms with Gasteiger partial charge in [0.1, 0.15) is 0 Å². The molecule has 2 heterocycles. The third-order valence-corrected chi connectivity index (χ3v) is 4.54.